The summed E-state index contributed by atoms with van der Waals surface area (Å²) in [6.45, 7) is 2.66. The Bertz CT molecular complexity index is 1580. The highest BCUT2D eigenvalue weighted by molar-refractivity contribution is 6.45. The molecule has 2 aliphatic carbocycles. The van der Waals surface area contributed by atoms with Gasteiger partial charge >= 0.3 is 5.97 Å². The summed E-state index contributed by atoms with van der Waals surface area (Å²) in [5.74, 6) is -0.689. The van der Waals surface area contributed by atoms with Gasteiger partial charge in [-0.25, -0.2) is 4.79 Å². The van der Waals surface area contributed by atoms with Crippen LogP contribution in [0.5, 0.6) is 0 Å². The van der Waals surface area contributed by atoms with E-state index in [9.17, 15) is 19.7 Å². The fourth-order valence-corrected chi connectivity index (χ4v) is 4.53. The van der Waals surface area contributed by atoms with Crippen molar-refractivity contribution in [3.63, 3.8) is 0 Å². The van der Waals surface area contributed by atoms with Crippen LogP contribution in [0.2, 0.25) is 0 Å². The van der Waals surface area contributed by atoms with Gasteiger partial charge in [-0.3, -0.25) is 14.9 Å². The van der Waals surface area contributed by atoms with Crippen molar-refractivity contribution in [2.24, 2.45) is 11.1 Å². The first-order valence-electron chi connectivity index (χ1n) is 11.1. The van der Waals surface area contributed by atoms with Gasteiger partial charge in [0.2, 0.25) is 5.78 Å². The topological polar surface area (TPSA) is 104 Å². The van der Waals surface area contributed by atoms with E-state index in [1.165, 1.54) is 31.6 Å². The van der Waals surface area contributed by atoms with Crippen molar-refractivity contribution >= 4 is 50.7 Å². The molecule has 0 fully saturated rings. The van der Waals surface area contributed by atoms with E-state index in [0.29, 0.717) is 22.3 Å². The van der Waals surface area contributed by atoms with Gasteiger partial charge in [0.1, 0.15) is 5.71 Å². The maximum absolute atomic E-state index is 12.9. The molecule has 3 aromatic rings. The molecule has 1 heterocycles. The number of oxime groups is 1. The molecule has 0 amide bonds. The van der Waals surface area contributed by atoms with Crippen molar-refractivity contribution in [1.82, 2.24) is 4.57 Å². The molecular formula is C27H21N3O5. The summed E-state index contributed by atoms with van der Waals surface area (Å²) in [7, 11) is 0. The normalized spacial score (nSPS) is 17.2. The molecule has 1 unspecified atom stereocenters. The maximum Gasteiger partial charge on any atom is 0.331 e. The molecule has 35 heavy (non-hydrogen) atoms. The van der Waals surface area contributed by atoms with E-state index in [1.807, 2.05) is 18.2 Å². The highest BCUT2D eigenvalue weighted by atomic mass is 16.7. The quantitative estimate of drug-likeness (QED) is 0.157. The second kappa shape index (κ2) is 8.64. The minimum absolute atomic E-state index is 0.0252. The lowest BCUT2D eigenvalue weighted by molar-refractivity contribution is -0.384. The fourth-order valence-electron chi connectivity index (χ4n) is 4.53. The SMILES string of the molecule is CC(=O)O/N=C(\C)C(=O)c1ccc2c(c1)c1cc([N+](=O)[O-])ccc1n2C1=CCC2C=CC=CC2=C1. The van der Waals surface area contributed by atoms with Crippen LogP contribution in [0, 0.1) is 16.0 Å². The molecule has 0 radical (unpaired) electrons. The molecule has 8 nitrogen and oxygen atoms in total. The van der Waals surface area contributed by atoms with Crippen LogP contribution in [-0.4, -0.2) is 27.0 Å². The Morgan fingerprint density at radius 2 is 1.83 bits per heavy atom. The Morgan fingerprint density at radius 3 is 2.57 bits per heavy atom. The molecular weight excluding hydrogens is 446 g/mol. The molecule has 1 aromatic heterocycles. The summed E-state index contributed by atoms with van der Waals surface area (Å²) in [5, 5.41) is 16.5. The summed E-state index contributed by atoms with van der Waals surface area (Å²) in [5.41, 5.74) is 4.13. The third-order valence-electron chi connectivity index (χ3n) is 6.19. The predicted octanol–water partition coefficient (Wildman–Crippen LogP) is 5.74. The number of ketones is 1. The number of nitro benzene ring substituents is 1. The molecule has 174 valence electrons. The monoisotopic (exact) mass is 467 g/mol. The van der Waals surface area contributed by atoms with Gasteiger partial charge in [-0.2, -0.15) is 0 Å². The summed E-state index contributed by atoms with van der Waals surface area (Å²) in [4.78, 5) is 39.6. The first-order chi connectivity index (χ1) is 16.8. The first kappa shape index (κ1) is 22.2. The number of hydrogen-bond acceptors (Lipinski definition) is 6. The summed E-state index contributed by atoms with van der Waals surface area (Å²) in [6.07, 6.45) is 13.5. The number of carbonyl (C=O) groups is 2. The Kier molecular flexibility index (Phi) is 5.49. The molecule has 1 atom stereocenters. The van der Waals surface area contributed by atoms with Gasteiger partial charge in [-0.1, -0.05) is 35.5 Å². The third-order valence-corrected chi connectivity index (χ3v) is 6.19. The van der Waals surface area contributed by atoms with Crippen LogP contribution in [-0.2, 0) is 9.63 Å². The maximum atomic E-state index is 12.9. The van der Waals surface area contributed by atoms with Gasteiger partial charge in [0.05, 0.1) is 16.0 Å². The fraction of sp³-hybridized carbons (Fsp3) is 0.148. The van der Waals surface area contributed by atoms with Crippen LogP contribution in [0.3, 0.4) is 0 Å². The number of allylic oxidation sites excluding steroid dienone is 8. The number of nitro groups is 1. The predicted molar refractivity (Wildman–Crippen MR) is 134 cm³/mol. The first-order valence-corrected chi connectivity index (χ1v) is 11.1. The van der Waals surface area contributed by atoms with Crippen molar-refractivity contribution in [1.29, 1.82) is 0 Å². The zero-order valence-corrected chi connectivity index (χ0v) is 19.1. The number of nitrogens with zero attached hydrogens (tertiary/aromatic N) is 3. The number of hydrogen-bond donors (Lipinski definition) is 0. The Morgan fingerprint density at radius 1 is 1.09 bits per heavy atom. The largest absolute Gasteiger partial charge is 0.331 e. The van der Waals surface area contributed by atoms with Crippen LogP contribution in [0.15, 0.2) is 83.6 Å². The zero-order valence-electron chi connectivity index (χ0n) is 19.1. The van der Waals surface area contributed by atoms with Crippen LogP contribution in [0.25, 0.3) is 27.5 Å². The Labute approximate surface area is 200 Å². The van der Waals surface area contributed by atoms with E-state index in [2.05, 4.69) is 38.9 Å². The van der Waals surface area contributed by atoms with Gasteiger partial charge in [-0.15, -0.1) is 0 Å². The van der Waals surface area contributed by atoms with Gasteiger partial charge in [0, 0.05) is 47.0 Å². The van der Waals surface area contributed by atoms with Crippen molar-refractivity contribution in [3.8, 4) is 0 Å². The molecule has 0 N–H and O–H groups in total. The lowest BCUT2D eigenvalue weighted by atomic mass is 9.87. The second-order valence-corrected chi connectivity index (χ2v) is 8.47. The molecule has 0 bridgehead atoms. The minimum Gasteiger partial charge on any atom is -0.318 e. The van der Waals surface area contributed by atoms with E-state index >= 15 is 0 Å². The number of aromatic nitrogens is 1. The number of Topliss-reactive ketones (excluding diaryl/α,β-unsaturated/α-hetero) is 1. The number of rotatable bonds is 5. The zero-order chi connectivity index (χ0) is 24.7. The molecule has 5 rings (SSSR count). The average molecular weight is 467 g/mol. The highest BCUT2D eigenvalue weighted by Gasteiger charge is 2.22. The van der Waals surface area contributed by atoms with Gasteiger partial charge in [0.25, 0.3) is 5.69 Å². The molecule has 2 aliphatic rings. The Hall–Kier alpha value is -4.59. The molecule has 8 heteroatoms. The van der Waals surface area contributed by atoms with E-state index in [-0.39, 0.29) is 11.4 Å². The highest BCUT2D eigenvalue weighted by Crippen LogP contribution is 2.38. The molecule has 0 aliphatic heterocycles. The van der Waals surface area contributed by atoms with Crippen molar-refractivity contribution in [2.75, 3.05) is 0 Å². The number of fused-ring (bicyclic) bond motifs is 4. The Balaban J connectivity index is 1.69. The molecule has 2 aromatic carbocycles. The summed E-state index contributed by atoms with van der Waals surface area (Å²) >= 11 is 0. The van der Waals surface area contributed by atoms with E-state index in [1.54, 1.807) is 18.2 Å². The smallest absolute Gasteiger partial charge is 0.318 e. The standard InChI is InChI=1S/C27H21N3O5/c1-16(28-35-17(2)31)27(32)20-8-11-25-23(14-20)24-15-22(30(33)34)10-12-26(24)29(25)21-9-7-18-5-3-4-6-19(18)13-21/h3-6,8-15,18H,7H2,1-2H3/b28-16+. The van der Waals surface area contributed by atoms with Crippen LogP contribution >= 0.6 is 0 Å². The van der Waals surface area contributed by atoms with Crippen molar-refractivity contribution in [2.45, 2.75) is 20.3 Å². The van der Waals surface area contributed by atoms with Crippen molar-refractivity contribution < 1.29 is 19.3 Å². The van der Waals surface area contributed by atoms with Gasteiger partial charge < -0.3 is 9.40 Å². The summed E-state index contributed by atoms with van der Waals surface area (Å²) < 4.78 is 2.07. The third kappa shape index (κ3) is 3.99. The molecule has 0 saturated carbocycles. The molecule has 0 saturated heterocycles. The number of non-ortho nitro benzene ring substituents is 1. The van der Waals surface area contributed by atoms with Crippen LogP contribution in [0.1, 0.15) is 30.6 Å². The lowest BCUT2D eigenvalue weighted by Gasteiger charge is -2.22. The lowest BCUT2D eigenvalue weighted by Crippen LogP contribution is -2.12. The number of benzene rings is 2. The van der Waals surface area contributed by atoms with Gasteiger partial charge in [0.15, 0.2) is 0 Å². The van der Waals surface area contributed by atoms with Crippen LogP contribution in [0.4, 0.5) is 5.69 Å². The van der Waals surface area contributed by atoms with E-state index in [0.717, 1.165) is 23.2 Å². The second-order valence-electron chi connectivity index (χ2n) is 8.47. The number of carbonyl (C=O) groups excluding carboxylic acids is 2. The van der Waals surface area contributed by atoms with E-state index in [4.69, 9.17) is 0 Å². The van der Waals surface area contributed by atoms with Crippen LogP contribution < -0.4 is 0 Å². The van der Waals surface area contributed by atoms with Crippen molar-refractivity contribution in [3.05, 3.63) is 94.1 Å². The summed E-state index contributed by atoms with van der Waals surface area (Å²) in [6, 6.07) is 9.98. The van der Waals surface area contributed by atoms with E-state index < -0.39 is 16.7 Å². The average Bonchev–Trinajstić information content (AvgIpc) is 3.19. The van der Waals surface area contributed by atoms with Gasteiger partial charge in [-0.05, 0) is 49.3 Å². The minimum atomic E-state index is -0.622. The molecule has 0 spiro atoms.